The number of nitrogens with one attached hydrogen (secondary N) is 1. The Morgan fingerprint density at radius 3 is 2.29 bits per heavy atom. The molecule has 0 aromatic heterocycles. The third-order valence-electron chi connectivity index (χ3n) is 3.05. The predicted molar refractivity (Wildman–Crippen MR) is 72.8 cm³/mol. The second kappa shape index (κ2) is 8.39. The molecule has 3 atom stereocenters. The zero-order valence-electron chi connectivity index (χ0n) is 10.9. The van der Waals surface area contributed by atoms with Crippen LogP contribution in [0.5, 0.6) is 0 Å². The van der Waals surface area contributed by atoms with Crippen LogP contribution in [0.2, 0.25) is 0 Å². The van der Waals surface area contributed by atoms with Gasteiger partial charge in [0.25, 0.3) is 0 Å². The van der Waals surface area contributed by atoms with E-state index in [1.807, 2.05) is 6.92 Å². The van der Waals surface area contributed by atoms with E-state index in [2.05, 4.69) is 31.8 Å². The van der Waals surface area contributed by atoms with Crippen molar-refractivity contribution in [3.63, 3.8) is 0 Å². The second-order valence-corrected chi connectivity index (χ2v) is 4.79. The van der Waals surface area contributed by atoms with Crippen LogP contribution in [0.25, 0.3) is 0 Å². The van der Waals surface area contributed by atoms with Gasteiger partial charge in [0, 0.05) is 11.7 Å². The van der Waals surface area contributed by atoms with E-state index in [1.165, 1.54) is 0 Å². The van der Waals surface area contributed by atoms with Gasteiger partial charge < -0.3 is 11.1 Å². The Bertz CT molecular complexity index is 259. The normalized spacial score (nSPS) is 16.0. The topological polar surface area (TPSA) is 72.2 Å². The van der Waals surface area contributed by atoms with E-state index in [0.717, 1.165) is 19.3 Å². The highest BCUT2D eigenvalue weighted by Gasteiger charge is 2.25. The van der Waals surface area contributed by atoms with E-state index < -0.39 is 11.9 Å². The van der Waals surface area contributed by atoms with E-state index in [-0.39, 0.29) is 17.6 Å². The minimum atomic E-state index is -0.672. The van der Waals surface area contributed by atoms with Gasteiger partial charge in [-0.05, 0) is 12.3 Å². The highest BCUT2D eigenvalue weighted by Crippen LogP contribution is 2.20. The number of hydrogen-bond donors (Lipinski definition) is 3. The molecule has 0 aliphatic rings. The Labute approximate surface area is 109 Å². The number of thiol groups is 1. The van der Waals surface area contributed by atoms with Crippen molar-refractivity contribution >= 4 is 24.4 Å². The van der Waals surface area contributed by atoms with Crippen LogP contribution >= 0.6 is 12.6 Å². The van der Waals surface area contributed by atoms with E-state index >= 15 is 0 Å². The number of primary amides is 1. The van der Waals surface area contributed by atoms with Crippen molar-refractivity contribution in [3.8, 4) is 0 Å². The smallest absolute Gasteiger partial charge is 0.240 e. The zero-order chi connectivity index (χ0) is 13.4. The lowest BCUT2D eigenvalue weighted by Gasteiger charge is -2.23. The van der Waals surface area contributed by atoms with Gasteiger partial charge in [0.1, 0.15) is 6.04 Å². The van der Waals surface area contributed by atoms with Gasteiger partial charge in [-0.25, -0.2) is 0 Å². The van der Waals surface area contributed by atoms with Crippen molar-refractivity contribution in [2.45, 2.75) is 46.1 Å². The fourth-order valence-corrected chi connectivity index (χ4v) is 2.26. The summed E-state index contributed by atoms with van der Waals surface area (Å²) in [5.74, 6) is -0.132. The third kappa shape index (κ3) is 5.44. The molecule has 0 aromatic carbocycles. The summed E-state index contributed by atoms with van der Waals surface area (Å²) in [6, 6.07) is -0.672. The van der Waals surface area contributed by atoms with Gasteiger partial charge in [0.05, 0.1) is 0 Å². The van der Waals surface area contributed by atoms with Crippen LogP contribution in [0.15, 0.2) is 0 Å². The predicted octanol–water partition coefficient (Wildman–Crippen LogP) is 1.35. The van der Waals surface area contributed by atoms with Crippen LogP contribution in [0.4, 0.5) is 0 Å². The van der Waals surface area contributed by atoms with Crippen molar-refractivity contribution in [1.29, 1.82) is 0 Å². The molecule has 0 aliphatic carbocycles. The van der Waals surface area contributed by atoms with Gasteiger partial charge in [0.15, 0.2) is 0 Å². The summed E-state index contributed by atoms with van der Waals surface area (Å²) >= 11 is 4.00. The van der Waals surface area contributed by atoms with Gasteiger partial charge in [-0.2, -0.15) is 12.6 Å². The molecule has 0 radical (unpaired) electrons. The number of rotatable bonds is 8. The number of hydrogen-bond acceptors (Lipinski definition) is 3. The van der Waals surface area contributed by atoms with Crippen LogP contribution in [-0.4, -0.2) is 23.6 Å². The minimum Gasteiger partial charge on any atom is -0.368 e. The number of amides is 2. The first-order valence-corrected chi connectivity index (χ1v) is 6.81. The van der Waals surface area contributed by atoms with Crippen molar-refractivity contribution in [1.82, 2.24) is 5.32 Å². The minimum absolute atomic E-state index is 0.0586. The molecule has 0 rings (SSSR count). The third-order valence-corrected chi connectivity index (χ3v) is 3.42. The summed E-state index contributed by atoms with van der Waals surface area (Å²) in [5, 5.41) is 2.67. The molecule has 100 valence electrons. The Kier molecular flexibility index (Phi) is 8.04. The van der Waals surface area contributed by atoms with Gasteiger partial charge in [-0.3, -0.25) is 9.59 Å². The molecule has 0 aromatic rings. The zero-order valence-corrected chi connectivity index (χ0v) is 11.8. The van der Waals surface area contributed by atoms with Crippen molar-refractivity contribution in [3.05, 3.63) is 0 Å². The average Bonchev–Trinajstić information content (AvgIpc) is 2.26. The Morgan fingerprint density at radius 2 is 1.94 bits per heavy atom. The molecule has 0 saturated heterocycles. The van der Waals surface area contributed by atoms with Crippen molar-refractivity contribution < 1.29 is 9.59 Å². The molecule has 5 heteroatoms. The van der Waals surface area contributed by atoms with E-state index in [4.69, 9.17) is 5.73 Å². The SMILES string of the molecule is CCCC(C)C(CC)C(=O)NC(CS)C(N)=O. The molecule has 2 amide bonds. The first-order chi connectivity index (χ1) is 7.97. The lowest BCUT2D eigenvalue weighted by atomic mass is 9.87. The van der Waals surface area contributed by atoms with Crippen LogP contribution in [0.1, 0.15) is 40.0 Å². The molecule has 0 heterocycles. The Balaban J connectivity index is 4.48. The molecular formula is C12H24N2O2S. The molecule has 0 fully saturated rings. The van der Waals surface area contributed by atoms with Gasteiger partial charge in [-0.1, -0.05) is 33.6 Å². The maximum Gasteiger partial charge on any atom is 0.240 e. The van der Waals surface area contributed by atoms with Crippen LogP contribution in [0, 0.1) is 11.8 Å². The number of nitrogens with two attached hydrogens (primary N) is 1. The lowest BCUT2D eigenvalue weighted by Crippen LogP contribution is -2.48. The number of carbonyl (C=O) groups excluding carboxylic acids is 2. The molecule has 3 unspecified atom stereocenters. The van der Waals surface area contributed by atoms with Crippen LogP contribution < -0.4 is 11.1 Å². The Morgan fingerprint density at radius 1 is 1.35 bits per heavy atom. The highest BCUT2D eigenvalue weighted by atomic mass is 32.1. The molecule has 0 aliphatic heterocycles. The highest BCUT2D eigenvalue weighted by molar-refractivity contribution is 7.80. The van der Waals surface area contributed by atoms with Crippen molar-refractivity contribution in [2.75, 3.05) is 5.75 Å². The number of carbonyl (C=O) groups is 2. The molecule has 3 N–H and O–H groups in total. The van der Waals surface area contributed by atoms with Crippen molar-refractivity contribution in [2.24, 2.45) is 17.6 Å². The summed E-state index contributed by atoms with van der Waals surface area (Å²) < 4.78 is 0. The average molecular weight is 260 g/mol. The summed E-state index contributed by atoms with van der Waals surface area (Å²) in [4.78, 5) is 23.0. The first-order valence-electron chi connectivity index (χ1n) is 6.18. The molecular weight excluding hydrogens is 236 g/mol. The molecule has 0 spiro atoms. The van der Waals surface area contributed by atoms with Gasteiger partial charge in [0.2, 0.25) is 11.8 Å². The fraction of sp³-hybridized carbons (Fsp3) is 0.833. The van der Waals surface area contributed by atoms with Crippen LogP contribution in [0.3, 0.4) is 0 Å². The second-order valence-electron chi connectivity index (χ2n) is 4.43. The van der Waals surface area contributed by atoms with E-state index in [1.54, 1.807) is 0 Å². The lowest BCUT2D eigenvalue weighted by molar-refractivity contribution is -0.130. The molecule has 0 saturated carbocycles. The largest absolute Gasteiger partial charge is 0.368 e. The summed E-state index contributed by atoms with van der Waals surface area (Å²) in [6.45, 7) is 6.15. The van der Waals surface area contributed by atoms with E-state index in [0.29, 0.717) is 5.92 Å². The summed E-state index contributed by atoms with van der Waals surface area (Å²) in [7, 11) is 0. The summed E-state index contributed by atoms with van der Waals surface area (Å²) in [6.07, 6.45) is 2.83. The standard InChI is InChI=1S/C12H24N2O2S/c1-4-6-8(3)9(5-2)12(16)14-10(7-17)11(13)15/h8-10,17H,4-7H2,1-3H3,(H2,13,15)(H,14,16). The van der Waals surface area contributed by atoms with Gasteiger partial charge >= 0.3 is 0 Å². The maximum absolute atomic E-state index is 12.0. The first kappa shape index (κ1) is 16.3. The fourth-order valence-electron chi connectivity index (χ4n) is 1.99. The molecule has 17 heavy (non-hydrogen) atoms. The maximum atomic E-state index is 12.0. The monoisotopic (exact) mass is 260 g/mol. The van der Waals surface area contributed by atoms with E-state index in [9.17, 15) is 9.59 Å². The van der Waals surface area contributed by atoms with Crippen LogP contribution in [-0.2, 0) is 9.59 Å². The van der Waals surface area contributed by atoms with Gasteiger partial charge in [-0.15, -0.1) is 0 Å². The molecule has 0 bridgehead atoms. The Hall–Kier alpha value is -0.710. The quantitative estimate of drug-likeness (QED) is 0.576. The summed E-state index contributed by atoms with van der Waals surface area (Å²) in [5.41, 5.74) is 5.17. The molecule has 4 nitrogen and oxygen atoms in total.